The van der Waals surface area contributed by atoms with Gasteiger partial charge in [0, 0.05) is 38.6 Å². The molecule has 1 aromatic heterocycles. The third-order valence-electron chi connectivity index (χ3n) is 3.31. The highest BCUT2D eigenvalue weighted by atomic mass is 32.2. The summed E-state index contributed by atoms with van der Waals surface area (Å²) in [5, 5.41) is 3.26. The van der Waals surface area contributed by atoms with Crippen molar-refractivity contribution in [2.24, 2.45) is 5.92 Å². The van der Waals surface area contributed by atoms with Gasteiger partial charge in [-0.25, -0.2) is 12.7 Å². The van der Waals surface area contributed by atoms with Crippen LogP contribution in [0.2, 0.25) is 0 Å². The first-order chi connectivity index (χ1) is 9.82. The highest BCUT2D eigenvalue weighted by molar-refractivity contribution is 7.89. The summed E-state index contributed by atoms with van der Waals surface area (Å²) in [6.45, 7) is 11.1. The van der Waals surface area contributed by atoms with Crippen LogP contribution in [-0.4, -0.2) is 37.4 Å². The van der Waals surface area contributed by atoms with Gasteiger partial charge in [0.25, 0.3) is 0 Å². The molecular formula is C15H29N3O2S. The quantitative estimate of drug-likeness (QED) is 0.760. The van der Waals surface area contributed by atoms with Crippen LogP contribution in [-0.2, 0) is 23.1 Å². The Labute approximate surface area is 129 Å². The van der Waals surface area contributed by atoms with E-state index in [0.29, 0.717) is 23.9 Å². The van der Waals surface area contributed by atoms with Crippen LogP contribution in [0.3, 0.4) is 0 Å². The van der Waals surface area contributed by atoms with Crippen molar-refractivity contribution in [1.82, 2.24) is 14.2 Å². The molecule has 1 aromatic rings. The van der Waals surface area contributed by atoms with Crippen LogP contribution >= 0.6 is 0 Å². The van der Waals surface area contributed by atoms with E-state index in [-0.39, 0.29) is 0 Å². The molecule has 1 heterocycles. The van der Waals surface area contributed by atoms with Gasteiger partial charge in [-0.15, -0.1) is 0 Å². The van der Waals surface area contributed by atoms with Gasteiger partial charge >= 0.3 is 0 Å². The van der Waals surface area contributed by atoms with Crippen molar-refractivity contribution < 1.29 is 8.42 Å². The molecule has 0 amide bonds. The van der Waals surface area contributed by atoms with Crippen LogP contribution in [0.15, 0.2) is 17.2 Å². The Morgan fingerprint density at radius 3 is 2.52 bits per heavy atom. The number of aromatic nitrogens is 1. The predicted molar refractivity (Wildman–Crippen MR) is 86.8 cm³/mol. The number of nitrogens with zero attached hydrogens (tertiary/aromatic N) is 2. The van der Waals surface area contributed by atoms with Crippen molar-refractivity contribution in [1.29, 1.82) is 0 Å². The van der Waals surface area contributed by atoms with Crippen molar-refractivity contribution in [3.63, 3.8) is 0 Å². The topological polar surface area (TPSA) is 54.3 Å². The Balaban J connectivity index is 3.06. The number of sulfonamides is 1. The van der Waals surface area contributed by atoms with Crippen LogP contribution in [0.25, 0.3) is 0 Å². The van der Waals surface area contributed by atoms with Crippen molar-refractivity contribution in [2.75, 3.05) is 20.1 Å². The van der Waals surface area contributed by atoms with Gasteiger partial charge in [-0.2, -0.15) is 0 Å². The van der Waals surface area contributed by atoms with E-state index in [1.54, 1.807) is 19.3 Å². The fourth-order valence-corrected chi connectivity index (χ4v) is 3.71. The molecule has 0 saturated heterocycles. The molecule has 0 unspecified atom stereocenters. The SMILES string of the molecule is CCCn1cc(S(=O)(=O)N(C)CC(C)C)cc1CNCC. The van der Waals surface area contributed by atoms with Gasteiger partial charge in [0.2, 0.25) is 10.0 Å². The Bertz CT molecular complexity index is 535. The molecule has 5 nitrogen and oxygen atoms in total. The zero-order valence-electron chi connectivity index (χ0n) is 13.9. The molecule has 0 saturated carbocycles. The number of hydrogen-bond donors (Lipinski definition) is 1. The van der Waals surface area contributed by atoms with Crippen LogP contribution in [0.4, 0.5) is 0 Å². The molecule has 0 aliphatic rings. The summed E-state index contributed by atoms with van der Waals surface area (Å²) >= 11 is 0. The summed E-state index contributed by atoms with van der Waals surface area (Å²) < 4.78 is 28.7. The minimum atomic E-state index is -3.39. The standard InChI is InChI=1S/C15H29N3O2S/c1-6-8-18-12-15(9-14(18)10-16-7-2)21(19,20)17(5)11-13(3)4/h9,12-13,16H,6-8,10-11H2,1-5H3. The third kappa shape index (κ3) is 4.83. The summed E-state index contributed by atoms with van der Waals surface area (Å²) in [5.41, 5.74) is 1.02. The van der Waals surface area contributed by atoms with E-state index in [4.69, 9.17) is 0 Å². The monoisotopic (exact) mass is 315 g/mol. The summed E-state index contributed by atoms with van der Waals surface area (Å²) in [5.74, 6) is 0.309. The maximum absolute atomic E-state index is 12.6. The van der Waals surface area contributed by atoms with Gasteiger partial charge in [-0.05, 0) is 24.9 Å². The second kappa shape index (κ2) is 7.96. The minimum Gasteiger partial charge on any atom is -0.349 e. The fourth-order valence-electron chi connectivity index (χ4n) is 2.31. The molecule has 6 heteroatoms. The molecule has 0 fully saturated rings. The molecule has 122 valence electrons. The average Bonchev–Trinajstić information content (AvgIpc) is 2.80. The Morgan fingerprint density at radius 2 is 2.00 bits per heavy atom. The highest BCUT2D eigenvalue weighted by Crippen LogP contribution is 2.19. The van der Waals surface area contributed by atoms with Crippen LogP contribution in [0, 0.1) is 5.92 Å². The van der Waals surface area contributed by atoms with E-state index in [2.05, 4.69) is 12.2 Å². The zero-order chi connectivity index (χ0) is 16.0. The second-order valence-corrected chi connectivity index (χ2v) is 7.87. The van der Waals surface area contributed by atoms with Crippen molar-refractivity contribution in [3.8, 4) is 0 Å². The third-order valence-corrected chi connectivity index (χ3v) is 5.10. The molecule has 0 radical (unpaired) electrons. The van der Waals surface area contributed by atoms with Crippen LogP contribution < -0.4 is 5.32 Å². The molecule has 0 spiro atoms. The van der Waals surface area contributed by atoms with Gasteiger partial charge in [-0.3, -0.25) is 0 Å². The van der Waals surface area contributed by atoms with Gasteiger partial charge in [0.05, 0.1) is 0 Å². The lowest BCUT2D eigenvalue weighted by Crippen LogP contribution is -2.30. The van der Waals surface area contributed by atoms with Gasteiger partial charge in [0.15, 0.2) is 0 Å². The average molecular weight is 315 g/mol. The highest BCUT2D eigenvalue weighted by Gasteiger charge is 2.23. The number of aryl methyl sites for hydroxylation is 1. The van der Waals surface area contributed by atoms with Gasteiger partial charge in [-0.1, -0.05) is 27.7 Å². The lowest BCUT2D eigenvalue weighted by atomic mass is 10.2. The first-order valence-electron chi connectivity index (χ1n) is 7.69. The maximum Gasteiger partial charge on any atom is 0.244 e. The normalized spacial score (nSPS) is 12.5. The second-order valence-electron chi connectivity index (χ2n) is 5.82. The van der Waals surface area contributed by atoms with E-state index in [1.165, 1.54) is 4.31 Å². The molecule has 0 aliphatic carbocycles. The molecular weight excluding hydrogens is 286 g/mol. The summed E-state index contributed by atoms with van der Waals surface area (Å²) in [7, 11) is -1.75. The largest absolute Gasteiger partial charge is 0.349 e. The van der Waals surface area contributed by atoms with Crippen molar-refractivity contribution >= 4 is 10.0 Å². The predicted octanol–water partition coefficient (Wildman–Crippen LogP) is 2.28. The van der Waals surface area contributed by atoms with E-state index in [1.807, 2.05) is 25.3 Å². The van der Waals surface area contributed by atoms with Crippen LogP contribution in [0.1, 0.15) is 39.8 Å². The van der Waals surface area contributed by atoms with Crippen LogP contribution in [0.5, 0.6) is 0 Å². The number of hydrogen-bond acceptors (Lipinski definition) is 3. The maximum atomic E-state index is 12.6. The zero-order valence-corrected chi connectivity index (χ0v) is 14.7. The fraction of sp³-hybridized carbons (Fsp3) is 0.733. The summed E-state index contributed by atoms with van der Waals surface area (Å²) in [6, 6.07) is 1.80. The van der Waals surface area contributed by atoms with E-state index < -0.39 is 10.0 Å². The Hall–Kier alpha value is -0.850. The molecule has 1 rings (SSSR count). The lowest BCUT2D eigenvalue weighted by Gasteiger charge is -2.18. The summed E-state index contributed by atoms with van der Waals surface area (Å²) in [6.07, 6.45) is 2.75. The minimum absolute atomic E-state index is 0.309. The molecule has 0 bridgehead atoms. The Kier molecular flexibility index (Phi) is 6.90. The van der Waals surface area contributed by atoms with E-state index >= 15 is 0 Å². The Morgan fingerprint density at radius 1 is 1.33 bits per heavy atom. The first-order valence-corrected chi connectivity index (χ1v) is 9.13. The number of nitrogens with one attached hydrogen (secondary N) is 1. The molecule has 1 N–H and O–H groups in total. The molecule has 21 heavy (non-hydrogen) atoms. The van der Waals surface area contributed by atoms with E-state index in [9.17, 15) is 8.42 Å². The molecule has 0 aliphatic heterocycles. The number of rotatable bonds is 9. The van der Waals surface area contributed by atoms with Gasteiger partial charge in [0.1, 0.15) is 4.90 Å². The van der Waals surface area contributed by atoms with Crippen molar-refractivity contribution in [3.05, 3.63) is 18.0 Å². The smallest absolute Gasteiger partial charge is 0.244 e. The summed E-state index contributed by atoms with van der Waals surface area (Å²) in [4.78, 5) is 0.395. The lowest BCUT2D eigenvalue weighted by molar-refractivity contribution is 0.417. The molecule has 0 aromatic carbocycles. The first kappa shape index (κ1) is 18.2. The van der Waals surface area contributed by atoms with Crippen molar-refractivity contribution in [2.45, 2.75) is 52.1 Å². The van der Waals surface area contributed by atoms with E-state index in [0.717, 1.165) is 25.2 Å². The van der Waals surface area contributed by atoms with Gasteiger partial charge < -0.3 is 9.88 Å². The molecule has 0 atom stereocenters.